The average Bonchev–Trinajstić information content (AvgIpc) is 2.65. The van der Waals surface area contributed by atoms with E-state index in [9.17, 15) is 9.59 Å². The van der Waals surface area contributed by atoms with Crippen LogP contribution in [0.3, 0.4) is 0 Å². The van der Waals surface area contributed by atoms with Gasteiger partial charge in [-0.15, -0.1) is 0 Å². The van der Waals surface area contributed by atoms with E-state index in [1.165, 1.54) is 0 Å². The van der Waals surface area contributed by atoms with Crippen LogP contribution in [0.1, 0.15) is 31.4 Å². The molecule has 0 fully saturated rings. The van der Waals surface area contributed by atoms with E-state index in [-0.39, 0.29) is 18.4 Å². The maximum absolute atomic E-state index is 12.5. The van der Waals surface area contributed by atoms with Crippen molar-refractivity contribution < 1.29 is 14.3 Å². The normalized spacial score (nSPS) is 11.7. The molecule has 2 rings (SSSR count). The third-order valence-corrected chi connectivity index (χ3v) is 3.72. The molecule has 0 saturated heterocycles. The summed E-state index contributed by atoms with van der Waals surface area (Å²) in [5, 5.41) is 5.50. The van der Waals surface area contributed by atoms with Crippen LogP contribution in [0.25, 0.3) is 0 Å². The summed E-state index contributed by atoms with van der Waals surface area (Å²) in [6.07, 6.45) is 3.30. The SMILES string of the molecule is CC(C)C[C@@H](NC(=O)OCc1ccccc1)C(=O)NCc1cccnc1. The summed E-state index contributed by atoms with van der Waals surface area (Å²) in [4.78, 5) is 28.5. The van der Waals surface area contributed by atoms with E-state index in [0.29, 0.717) is 13.0 Å². The molecule has 0 saturated carbocycles. The summed E-state index contributed by atoms with van der Waals surface area (Å²) < 4.78 is 5.21. The highest BCUT2D eigenvalue weighted by atomic mass is 16.5. The molecule has 6 nitrogen and oxygen atoms in total. The number of ether oxygens (including phenoxy) is 1. The Morgan fingerprint density at radius 1 is 1.08 bits per heavy atom. The van der Waals surface area contributed by atoms with Gasteiger partial charge in [0.15, 0.2) is 0 Å². The summed E-state index contributed by atoms with van der Waals surface area (Å²) in [5.74, 6) is 0.0118. The second-order valence-electron chi connectivity index (χ2n) is 6.47. The van der Waals surface area contributed by atoms with Gasteiger partial charge in [0.1, 0.15) is 12.6 Å². The molecule has 1 aromatic heterocycles. The smallest absolute Gasteiger partial charge is 0.408 e. The average molecular weight is 355 g/mol. The van der Waals surface area contributed by atoms with Crippen LogP contribution < -0.4 is 10.6 Å². The van der Waals surface area contributed by atoms with E-state index in [4.69, 9.17) is 4.74 Å². The van der Waals surface area contributed by atoms with Gasteiger partial charge in [0.25, 0.3) is 0 Å². The number of nitrogens with one attached hydrogen (secondary N) is 2. The predicted octanol–water partition coefficient (Wildman–Crippen LogP) is 3.04. The summed E-state index contributed by atoms with van der Waals surface area (Å²) in [6, 6.07) is 12.5. The molecule has 138 valence electrons. The molecular formula is C20H25N3O3. The van der Waals surface area contributed by atoms with Gasteiger partial charge in [0.05, 0.1) is 0 Å². The predicted molar refractivity (Wildman–Crippen MR) is 99.1 cm³/mol. The Hall–Kier alpha value is -2.89. The molecule has 0 unspecified atom stereocenters. The van der Waals surface area contributed by atoms with Crippen molar-refractivity contribution in [2.75, 3.05) is 0 Å². The van der Waals surface area contributed by atoms with Crippen LogP contribution in [0.15, 0.2) is 54.9 Å². The first-order valence-electron chi connectivity index (χ1n) is 8.68. The fourth-order valence-corrected chi connectivity index (χ4v) is 2.43. The first kappa shape index (κ1) is 19.4. The standard InChI is InChI=1S/C20H25N3O3/c1-15(2)11-18(19(24)22-13-17-9-6-10-21-12-17)23-20(25)26-14-16-7-4-3-5-8-16/h3-10,12,15,18H,11,13-14H2,1-2H3,(H,22,24)(H,23,25)/t18-/m1/s1. The number of benzene rings is 1. The van der Waals surface area contributed by atoms with Gasteiger partial charge in [-0.3, -0.25) is 9.78 Å². The Bertz CT molecular complexity index is 690. The lowest BCUT2D eigenvalue weighted by Crippen LogP contribution is -2.47. The Labute approximate surface area is 154 Å². The first-order chi connectivity index (χ1) is 12.5. The molecular weight excluding hydrogens is 330 g/mol. The topological polar surface area (TPSA) is 80.3 Å². The van der Waals surface area contributed by atoms with Crippen LogP contribution in [-0.4, -0.2) is 23.0 Å². The molecule has 0 spiro atoms. The lowest BCUT2D eigenvalue weighted by atomic mass is 10.0. The Morgan fingerprint density at radius 2 is 1.81 bits per heavy atom. The number of carbonyl (C=O) groups is 2. The highest BCUT2D eigenvalue weighted by Crippen LogP contribution is 2.07. The Balaban J connectivity index is 1.86. The van der Waals surface area contributed by atoms with Gasteiger partial charge in [-0.05, 0) is 29.5 Å². The van der Waals surface area contributed by atoms with Crippen molar-refractivity contribution in [3.05, 3.63) is 66.0 Å². The second kappa shape index (κ2) is 10.2. The van der Waals surface area contributed by atoms with Crippen LogP contribution in [0.5, 0.6) is 0 Å². The molecule has 1 heterocycles. The minimum Gasteiger partial charge on any atom is -0.445 e. The van der Waals surface area contributed by atoms with Crippen molar-refractivity contribution >= 4 is 12.0 Å². The number of hydrogen-bond donors (Lipinski definition) is 2. The number of carbonyl (C=O) groups excluding carboxylic acids is 2. The number of rotatable bonds is 8. The zero-order valence-electron chi connectivity index (χ0n) is 15.1. The first-order valence-corrected chi connectivity index (χ1v) is 8.68. The lowest BCUT2D eigenvalue weighted by molar-refractivity contribution is -0.123. The van der Waals surface area contributed by atoms with E-state index in [2.05, 4.69) is 15.6 Å². The van der Waals surface area contributed by atoms with E-state index in [1.807, 2.05) is 56.3 Å². The van der Waals surface area contributed by atoms with E-state index in [1.54, 1.807) is 12.4 Å². The number of pyridine rings is 1. The highest BCUT2D eigenvalue weighted by Gasteiger charge is 2.22. The molecule has 6 heteroatoms. The zero-order valence-corrected chi connectivity index (χ0v) is 15.1. The van der Waals surface area contributed by atoms with E-state index >= 15 is 0 Å². The molecule has 0 radical (unpaired) electrons. The maximum atomic E-state index is 12.5. The van der Waals surface area contributed by atoms with Crippen LogP contribution in [0.4, 0.5) is 4.79 Å². The Kier molecular flexibility index (Phi) is 7.61. The summed E-state index contributed by atoms with van der Waals surface area (Å²) in [7, 11) is 0. The number of hydrogen-bond acceptors (Lipinski definition) is 4. The largest absolute Gasteiger partial charge is 0.445 e. The van der Waals surface area contributed by atoms with Gasteiger partial charge in [-0.25, -0.2) is 4.79 Å². The highest BCUT2D eigenvalue weighted by molar-refractivity contribution is 5.85. The molecule has 2 N–H and O–H groups in total. The van der Waals surface area contributed by atoms with Gasteiger partial charge in [0.2, 0.25) is 5.91 Å². The fraction of sp³-hybridized carbons (Fsp3) is 0.350. The van der Waals surface area contributed by atoms with Gasteiger partial charge < -0.3 is 15.4 Å². The van der Waals surface area contributed by atoms with Gasteiger partial charge in [-0.1, -0.05) is 50.2 Å². The van der Waals surface area contributed by atoms with E-state index in [0.717, 1.165) is 11.1 Å². The minimum absolute atomic E-state index is 0.165. The van der Waals surface area contributed by atoms with Gasteiger partial charge in [-0.2, -0.15) is 0 Å². The molecule has 1 aromatic carbocycles. The molecule has 0 aliphatic carbocycles. The van der Waals surface area contributed by atoms with Crippen LogP contribution >= 0.6 is 0 Å². The number of alkyl carbamates (subject to hydrolysis) is 1. The van der Waals surface area contributed by atoms with Crippen molar-refractivity contribution in [2.45, 2.75) is 39.5 Å². The lowest BCUT2D eigenvalue weighted by Gasteiger charge is -2.20. The molecule has 26 heavy (non-hydrogen) atoms. The van der Waals surface area contributed by atoms with Crippen molar-refractivity contribution in [1.29, 1.82) is 0 Å². The van der Waals surface area contributed by atoms with Crippen molar-refractivity contribution in [2.24, 2.45) is 5.92 Å². The summed E-state index contributed by atoms with van der Waals surface area (Å²) in [5.41, 5.74) is 1.79. The van der Waals surface area contributed by atoms with Crippen molar-refractivity contribution in [1.82, 2.24) is 15.6 Å². The molecule has 2 amide bonds. The Morgan fingerprint density at radius 3 is 2.46 bits per heavy atom. The van der Waals surface area contributed by atoms with Crippen LogP contribution in [0, 0.1) is 5.92 Å². The van der Waals surface area contributed by atoms with Crippen molar-refractivity contribution in [3.63, 3.8) is 0 Å². The second-order valence-corrected chi connectivity index (χ2v) is 6.47. The van der Waals surface area contributed by atoms with Crippen LogP contribution in [-0.2, 0) is 22.7 Å². The third-order valence-electron chi connectivity index (χ3n) is 3.72. The van der Waals surface area contributed by atoms with Crippen molar-refractivity contribution in [3.8, 4) is 0 Å². The van der Waals surface area contributed by atoms with Gasteiger partial charge in [0, 0.05) is 18.9 Å². The molecule has 0 bridgehead atoms. The van der Waals surface area contributed by atoms with Gasteiger partial charge >= 0.3 is 6.09 Å². The molecule has 0 aliphatic rings. The fourth-order valence-electron chi connectivity index (χ4n) is 2.43. The monoisotopic (exact) mass is 355 g/mol. The minimum atomic E-state index is -0.644. The maximum Gasteiger partial charge on any atom is 0.408 e. The quantitative estimate of drug-likeness (QED) is 0.763. The molecule has 0 aliphatic heterocycles. The number of amides is 2. The van der Waals surface area contributed by atoms with E-state index < -0.39 is 12.1 Å². The number of aromatic nitrogens is 1. The summed E-state index contributed by atoms with van der Waals surface area (Å²) in [6.45, 7) is 4.52. The summed E-state index contributed by atoms with van der Waals surface area (Å²) >= 11 is 0. The zero-order chi connectivity index (χ0) is 18.8. The third kappa shape index (κ3) is 6.93. The molecule has 2 aromatic rings. The molecule has 1 atom stereocenters. The number of nitrogens with zero attached hydrogens (tertiary/aromatic N) is 1. The van der Waals surface area contributed by atoms with Crippen LogP contribution in [0.2, 0.25) is 0 Å².